The first-order chi connectivity index (χ1) is 12.3. The van der Waals surface area contributed by atoms with Crippen LogP contribution in [-0.2, 0) is 10.0 Å². The Bertz CT molecular complexity index is 819. The zero-order chi connectivity index (χ0) is 18.7. The summed E-state index contributed by atoms with van der Waals surface area (Å²) in [5, 5.41) is 7.43. The molecule has 1 fully saturated rings. The number of likely N-dealkylation sites (tertiary alicyclic amines) is 1. The first-order valence-electron chi connectivity index (χ1n) is 9.01. The molecule has 142 valence electrons. The number of H-pyrrole nitrogens is 1. The lowest BCUT2D eigenvalue weighted by Gasteiger charge is -2.23. The predicted molar refractivity (Wildman–Crippen MR) is 102 cm³/mol. The minimum atomic E-state index is -3.23. The quantitative estimate of drug-likeness (QED) is 0.772. The maximum Gasteiger partial charge on any atom is 0.208 e. The molecular weight excluding hydrogens is 350 g/mol. The third kappa shape index (κ3) is 4.90. The van der Waals surface area contributed by atoms with Gasteiger partial charge in [0.15, 0.2) is 5.82 Å². The molecule has 1 aliphatic heterocycles. The third-order valence-electron chi connectivity index (χ3n) is 4.63. The molecule has 0 amide bonds. The molecule has 2 aromatic rings. The van der Waals surface area contributed by atoms with Crippen LogP contribution in [0, 0.1) is 5.92 Å². The highest BCUT2D eigenvalue weighted by Gasteiger charge is 2.36. The van der Waals surface area contributed by atoms with Crippen LogP contribution in [-0.4, -0.2) is 53.9 Å². The van der Waals surface area contributed by atoms with Crippen molar-refractivity contribution < 1.29 is 8.42 Å². The van der Waals surface area contributed by atoms with Crippen molar-refractivity contribution in [1.29, 1.82) is 0 Å². The van der Waals surface area contributed by atoms with Crippen LogP contribution in [0.4, 0.5) is 0 Å². The van der Waals surface area contributed by atoms with E-state index in [-0.39, 0.29) is 12.1 Å². The first kappa shape index (κ1) is 19.0. The summed E-state index contributed by atoms with van der Waals surface area (Å²) in [6.07, 6.45) is 2.96. The van der Waals surface area contributed by atoms with Gasteiger partial charge in [0.25, 0.3) is 0 Å². The molecule has 1 saturated heterocycles. The Morgan fingerprint density at radius 1 is 1.31 bits per heavy atom. The van der Waals surface area contributed by atoms with E-state index >= 15 is 0 Å². The van der Waals surface area contributed by atoms with Crippen molar-refractivity contribution in [3.8, 4) is 11.4 Å². The molecule has 1 aromatic heterocycles. The monoisotopic (exact) mass is 377 g/mol. The Hall–Kier alpha value is -1.77. The van der Waals surface area contributed by atoms with Crippen molar-refractivity contribution in [2.75, 3.05) is 19.3 Å². The lowest BCUT2D eigenvalue weighted by molar-refractivity contribution is 0.233. The molecule has 3 rings (SSSR count). The molecule has 0 radical (unpaired) electrons. The molecule has 1 aliphatic rings. The van der Waals surface area contributed by atoms with Crippen LogP contribution in [0.2, 0.25) is 0 Å². The smallest absolute Gasteiger partial charge is 0.208 e. The SMILES string of the molecule is CC(C)CCN1C[C@@H](NS(C)(=O)=O)C[C@H]1c1nc(-c2ccccc2)n[nH]1. The van der Waals surface area contributed by atoms with Crippen LogP contribution in [0.3, 0.4) is 0 Å². The van der Waals surface area contributed by atoms with E-state index in [4.69, 9.17) is 0 Å². The zero-order valence-corrected chi connectivity index (χ0v) is 16.3. The van der Waals surface area contributed by atoms with E-state index in [9.17, 15) is 8.42 Å². The van der Waals surface area contributed by atoms with Crippen LogP contribution >= 0.6 is 0 Å². The Morgan fingerprint density at radius 3 is 2.69 bits per heavy atom. The summed E-state index contributed by atoms with van der Waals surface area (Å²) in [6, 6.07) is 9.77. The fourth-order valence-corrected chi connectivity index (χ4v) is 4.16. The van der Waals surface area contributed by atoms with Crippen molar-refractivity contribution in [2.45, 2.75) is 38.8 Å². The van der Waals surface area contributed by atoms with Gasteiger partial charge in [0.1, 0.15) is 5.82 Å². The molecular formula is C18H27N5O2S. The Morgan fingerprint density at radius 2 is 2.04 bits per heavy atom. The molecule has 0 bridgehead atoms. The van der Waals surface area contributed by atoms with Crippen LogP contribution in [0.25, 0.3) is 11.4 Å². The molecule has 0 unspecified atom stereocenters. The van der Waals surface area contributed by atoms with Gasteiger partial charge in [-0.25, -0.2) is 18.1 Å². The number of nitrogens with zero attached hydrogens (tertiary/aromatic N) is 3. The van der Waals surface area contributed by atoms with Crippen LogP contribution in [0.15, 0.2) is 30.3 Å². The van der Waals surface area contributed by atoms with Gasteiger partial charge < -0.3 is 0 Å². The van der Waals surface area contributed by atoms with E-state index in [0.717, 1.165) is 24.4 Å². The molecule has 2 atom stereocenters. The Labute approximate surface area is 155 Å². The lowest BCUT2D eigenvalue weighted by atomic mass is 10.1. The summed E-state index contributed by atoms with van der Waals surface area (Å²) in [6.45, 7) is 5.98. The second-order valence-electron chi connectivity index (χ2n) is 7.43. The number of benzene rings is 1. The molecule has 2 heterocycles. The largest absolute Gasteiger partial charge is 0.292 e. The Balaban J connectivity index is 1.79. The van der Waals surface area contributed by atoms with Gasteiger partial charge in [-0.2, -0.15) is 5.10 Å². The summed E-state index contributed by atoms with van der Waals surface area (Å²) >= 11 is 0. The maximum atomic E-state index is 11.6. The average Bonchev–Trinajstić information content (AvgIpc) is 3.19. The van der Waals surface area contributed by atoms with E-state index in [0.29, 0.717) is 24.7 Å². The standard InChI is InChI=1S/C18H27N5O2S/c1-13(2)9-10-23-12-15(22-26(3,24)25)11-16(23)18-19-17(20-21-18)14-7-5-4-6-8-14/h4-8,13,15-16,22H,9-12H2,1-3H3,(H,19,20,21)/t15-,16-/m0/s1. The summed E-state index contributed by atoms with van der Waals surface area (Å²) in [4.78, 5) is 6.99. The van der Waals surface area contributed by atoms with Gasteiger partial charge in [-0.1, -0.05) is 44.2 Å². The maximum absolute atomic E-state index is 11.6. The lowest BCUT2D eigenvalue weighted by Crippen LogP contribution is -2.36. The first-order valence-corrected chi connectivity index (χ1v) is 10.9. The number of sulfonamides is 1. The van der Waals surface area contributed by atoms with Gasteiger partial charge >= 0.3 is 0 Å². The summed E-state index contributed by atoms with van der Waals surface area (Å²) in [5.74, 6) is 2.06. The van der Waals surface area contributed by atoms with Crippen molar-refractivity contribution in [3.63, 3.8) is 0 Å². The van der Waals surface area contributed by atoms with E-state index in [1.807, 2.05) is 30.3 Å². The van der Waals surface area contributed by atoms with Crippen LogP contribution in [0.1, 0.15) is 38.6 Å². The third-order valence-corrected chi connectivity index (χ3v) is 5.39. The van der Waals surface area contributed by atoms with Crippen LogP contribution in [0.5, 0.6) is 0 Å². The highest BCUT2D eigenvalue weighted by molar-refractivity contribution is 7.88. The summed E-state index contributed by atoms with van der Waals surface area (Å²) in [7, 11) is -3.23. The second-order valence-corrected chi connectivity index (χ2v) is 9.21. The summed E-state index contributed by atoms with van der Waals surface area (Å²) in [5.41, 5.74) is 0.965. The average molecular weight is 378 g/mol. The van der Waals surface area contributed by atoms with E-state index < -0.39 is 10.0 Å². The minimum absolute atomic E-state index is 0.0398. The molecule has 7 nitrogen and oxygen atoms in total. The molecule has 8 heteroatoms. The van der Waals surface area contributed by atoms with Crippen molar-refractivity contribution in [1.82, 2.24) is 24.8 Å². The highest BCUT2D eigenvalue weighted by Crippen LogP contribution is 2.31. The minimum Gasteiger partial charge on any atom is -0.292 e. The Kier molecular flexibility index (Phi) is 5.74. The molecule has 2 N–H and O–H groups in total. The number of hydrogen-bond donors (Lipinski definition) is 2. The molecule has 1 aromatic carbocycles. The van der Waals surface area contributed by atoms with Gasteiger partial charge in [0.05, 0.1) is 12.3 Å². The van der Waals surface area contributed by atoms with Gasteiger partial charge in [0.2, 0.25) is 10.0 Å². The molecule has 0 spiro atoms. The number of aromatic nitrogens is 3. The van der Waals surface area contributed by atoms with E-state index in [1.165, 1.54) is 6.26 Å². The predicted octanol–water partition coefficient (Wildman–Crippen LogP) is 2.18. The molecule has 0 aliphatic carbocycles. The van der Waals surface area contributed by atoms with E-state index in [1.54, 1.807) is 0 Å². The normalized spacial score (nSPS) is 21.5. The van der Waals surface area contributed by atoms with Gasteiger partial charge in [0, 0.05) is 18.2 Å². The number of aromatic amines is 1. The van der Waals surface area contributed by atoms with Crippen molar-refractivity contribution >= 4 is 10.0 Å². The highest BCUT2D eigenvalue weighted by atomic mass is 32.2. The van der Waals surface area contributed by atoms with Crippen molar-refractivity contribution in [3.05, 3.63) is 36.2 Å². The van der Waals surface area contributed by atoms with Crippen LogP contribution < -0.4 is 4.72 Å². The van der Waals surface area contributed by atoms with Gasteiger partial charge in [-0.15, -0.1) is 0 Å². The number of rotatable bonds is 7. The molecule has 0 saturated carbocycles. The number of nitrogens with one attached hydrogen (secondary N) is 2. The number of hydrogen-bond acceptors (Lipinski definition) is 5. The topological polar surface area (TPSA) is 91.0 Å². The van der Waals surface area contributed by atoms with Gasteiger partial charge in [-0.05, 0) is 25.3 Å². The van der Waals surface area contributed by atoms with Gasteiger partial charge in [-0.3, -0.25) is 10.00 Å². The zero-order valence-electron chi connectivity index (χ0n) is 15.5. The van der Waals surface area contributed by atoms with Crippen molar-refractivity contribution in [2.24, 2.45) is 5.92 Å². The fourth-order valence-electron chi connectivity index (χ4n) is 3.39. The van der Waals surface area contributed by atoms with E-state index in [2.05, 4.69) is 38.7 Å². The second kappa shape index (κ2) is 7.85. The summed E-state index contributed by atoms with van der Waals surface area (Å²) < 4.78 is 26.0. The molecule has 26 heavy (non-hydrogen) atoms. The fraction of sp³-hybridized carbons (Fsp3) is 0.556.